The number of halogens is 1. The first-order chi connectivity index (χ1) is 3.98. The number of hydrogen-bond donors (Lipinski definition) is 2. The highest BCUT2D eigenvalue weighted by Crippen LogP contribution is 2.05. The Hall–Kier alpha value is -0.0200. The van der Waals surface area contributed by atoms with E-state index in [1.165, 1.54) is 0 Å². The van der Waals surface area contributed by atoms with Crippen molar-refractivity contribution >= 4 is 29.7 Å². The topological polar surface area (TPSA) is 38.0 Å². The van der Waals surface area contributed by atoms with Gasteiger partial charge in [0.1, 0.15) is 0 Å². The van der Waals surface area contributed by atoms with E-state index in [9.17, 15) is 0 Å². The lowest BCUT2D eigenvalue weighted by Gasteiger charge is -2.24. The summed E-state index contributed by atoms with van der Waals surface area (Å²) in [5.41, 5.74) is 5.32. The molecule has 0 bridgehead atoms. The van der Waals surface area contributed by atoms with Crippen molar-refractivity contribution in [2.24, 2.45) is 5.73 Å². The molecule has 0 aliphatic heterocycles. The molecule has 0 aromatic rings. The van der Waals surface area contributed by atoms with Gasteiger partial charge in [-0.15, -0.1) is 12.4 Å². The van der Waals surface area contributed by atoms with Gasteiger partial charge in [-0.05, 0) is 32.5 Å². The van der Waals surface area contributed by atoms with Gasteiger partial charge >= 0.3 is 0 Å². The van der Waals surface area contributed by atoms with E-state index < -0.39 is 0 Å². The van der Waals surface area contributed by atoms with Gasteiger partial charge in [-0.1, -0.05) is 6.92 Å². The smallest absolute Gasteiger partial charge is 0.164 e. The van der Waals surface area contributed by atoms with Gasteiger partial charge in [0.2, 0.25) is 0 Å². The molecular weight excluding hydrogens is 168 g/mol. The number of nitrogens with two attached hydrogens (primary N) is 1. The number of rotatable bonds is 2. The SMILES string of the molecule is CCC(C)(C)NC(N)=S.Cl. The molecule has 0 fully saturated rings. The lowest BCUT2D eigenvalue weighted by molar-refractivity contribution is 0.446. The molecule has 0 spiro atoms. The Morgan fingerprint density at radius 2 is 2.00 bits per heavy atom. The monoisotopic (exact) mass is 182 g/mol. The molecule has 3 N–H and O–H groups in total. The Labute approximate surface area is 74.0 Å². The Bertz CT molecular complexity index is 114. The van der Waals surface area contributed by atoms with Crippen molar-refractivity contribution in [2.45, 2.75) is 32.7 Å². The molecule has 10 heavy (non-hydrogen) atoms. The summed E-state index contributed by atoms with van der Waals surface area (Å²) < 4.78 is 0. The summed E-state index contributed by atoms with van der Waals surface area (Å²) >= 11 is 4.68. The Morgan fingerprint density at radius 1 is 1.60 bits per heavy atom. The van der Waals surface area contributed by atoms with Gasteiger partial charge in [0.05, 0.1) is 0 Å². The molecule has 0 unspecified atom stereocenters. The maximum Gasteiger partial charge on any atom is 0.164 e. The van der Waals surface area contributed by atoms with Crippen molar-refractivity contribution < 1.29 is 0 Å². The molecule has 0 saturated carbocycles. The summed E-state index contributed by atoms with van der Waals surface area (Å²) in [4.78, 5) is 0. The molecule has 0 aromatic carbocycles. The minimum atomic E-state index is 0. The van der Waals surface area contributed by atoms with Gasteiger partial charge in [-0.25, -0.2) is 0 Å². The van der Waals surface area contributed by atoms with Gasteiger partial charge in [0.15, 0.2) is 5.11 Å². The van der Waals surface area contributed by atoms with Crippen LogP contribution in [0, 0.1) is 0 Å². The molecule has 4 heteroatoms. The zero-order valence-corrected chi connectivity index (χ0v) is 8.23. The first-order valence-electron chi connectivity index (χ1n) is 3.05. The second-order valence-corrected chi connectivity index (χ2v) is 3.17. The van der Waals surface area contributed by atoms with Crippen molar-refractivity contribution in [3.05, 3.63) is 0 Å². The van der Waals surface area contributed by atoms with E-state index in [4.69, 9.17) is 5.73 Å². The predicted octanol–water partition coefficient (Wildman–Crippen LogP) is 1.43. The van der Waals surface area contributed by atoms with Crippen LogP contribution in [-0.2, 0) is 0 Å². The average molecular weight is 183 g/mol. The molecule has 0 amide bonds. The summed E-state index contributed by atoms with van der Waals surface area (Å²) in [6.45, 7) is 6.21. The van der Waals surface area contributed by atoms with Crippen LogP contribution >= 0.6 is 24.6 Å². The Kier molecular flexibility index (Phi) is 5.99. The second-order valence-electron chi connectivity index (χ2n) is 2.73. The number of nitrogens with one attached hydrogen (secondary N) is 1. The molecule has 0 atom stereocenters. The van der Waals surface area contributed by atoms with Crippen LogP contribution < -0.4 is 11.1 Å². The molecule has 0 aliphatic rings. The van der Waals surface area contributed by atoms with Crippen molar-refractivity contribution in [1.29, 1.82) is 0 Å². The van der Waals surface area contributed by atoms with E-state index in [1.807, 2.05) is 0 Å². The third-order valence-electron chi connectivity index (χ3n) is 1.35. The highest BCUT2D eigenvalue weighted by molar-refractivity contribution is 7.80. The third kappa shape index (κ3) is 6.11. The first kappa shape index (κ1) is 12.6. The first-order valence-corrected chi connectivity index (χ1v) is 3.46. The summed E-state index contributed by atoms with van der Waals surface area (Å²) in [6.07, 6.45) is 1.02. The average Bonchev–Trinajstić information content (AvgIpc) is 1.63. The Balaban J connectivity index is 0. The van der Waals surface area contributed by atoms with Crippen LogP contribution in [0.25, 0.3) is 0 Å². The lowest BCUT2D eigenvalue weighted by atomic mass is 10.0. The van der Waals surface area contributed by atoms with Gasteiger partial charge < -0.3 is 11.1 Å². The van der Waals surface area contributed by atoms with E-state index in [2.05, 4.69) is 38.3 Å². The molecule has 0 saturated heterocycles. The third-order valence-corrected chi connectivity index (χ3v) is 1.45. The van der Waals surface area contributed by atoms with Crippen LogP contribution in [0.1, 0.15) is 27.2 Å². The summed E-state index contributed by atoms with van der Waals surface area (Å²) in [7, 11) is 0. The van der Waals surface area contributed by atoms with Gasteiger partial charge in [-0.2, -0.15) is 0 Å². The molecule has 0 aromatic heterocycles. The number of hydrogen-bond acceptors (Lipinski definition) is 1. The standard InChI is InChI=1S/C6H14N2S.ClH/c1-4-6(2,3)8-5(7)9;/h4H2,1-3H3,(H3,7,8,9);1H. The Morgan fingerprint density at radius 3 is 2.10 bits per heavy atom. The fourth-order valence-electron chi connectivity index (χ4n) is 0.422. The minimum absolute atomic E-state index is 0. The highest BCUT2D eigenvalue weighted by atomic mass is 35.5. The van der Waals surface area contributed by atoms with Crippen LogP contribution in [0.15, 0.2) is 0 Å². The fourth-order valence-corrected chi connectivity index (χ4v) is 0.698. The molecule has 0 rings (SSSR count). The van der Waals surface area contributed by atoms with Crippen LogP contribution in [0.5, 0.6) is 0 Å². The molecule has 62 valence electrons. The predicted molar refractivity (Wildman–Crippen MR) is 51.5 cm³/mol. The largest absolute Gasteiger partial charge is 0.376 e. The zero-order valence-electron chi connectivity index (χ0n) is 6.60. The number of thiocarbonyl (C=S) groups is 1. The van der Waals surface area contributed by atoms with Crippen LogP contribution in [0.4, 0.5) is 0 Å². The van der Waals surface area contributed by atoms with Crippen molar-refractivity contribution in [1.82, 2.24) is 5.32 Å². The van der Waals surface area contributed by atoms with E-state index >= 15 is 0 Å². The van der Waals surface area contributed by atoms with E-state index in [0.717, 1.165) is 6.42 Å². The van der Waals surface area contributed by atoms with E-state index in [1.54, 1.807) is 0 Å². The van der Waals surface area contributed by atoms with Gasteiger partial charge in [0, 0.05) is 5.54 Å². The minimum Gasteiger partial charge on any atom is -0.376 e. The quantitative estimate of drug-likeness (QED) is 0.635. The lowest BCUT2D eigenvalue weighted by Crippen LogP contribution is -2.45. The van der Waals surface area contributed by atoms with Crippen LogP contribution in [0.2, 0.25) is 0 Å². The summed E-state index contributed by atoms with van der Waals surface area (Å²) in [5, 5.41) is 3.35. The summed E-state index contributed by atoms with van der Waals surface area (Å²) in [5.74, 6) is 0. The second kappa shape index (κ2) is 4.74. The van der Waals surface area contributed by atoms with Gasteiger partial charge in [-0.3, -0.25) is 0 Å². The normalized spacial score (nSPS) is 9.90. The maximum atomic E-state index is 5.27. The van der Waals surface area contributed by atoms with Gasteiger partial charge in [0.25, 0.3) is 0 Å². The molecule has 0 heterocycles. The van der Waals surface area contributed by atoms with Crippen molar-refractivity contribution in [3.63, 3.8) is 0 Å². The molecule has 2 nitrogen and oxygen atoms in total. The molecule has 0 radical (unpaired) electrons. The van der Waals surface area contributed by atoms with Crippen LogP contribution in [-0.4, -0.2) is 10.7 Å². The highest BCUT2D eigenvalue weighted by Gasteiger charge is 2.13. The molecular formula is C6H15ClN2S. The molecule has 0 aliphatic carbocycles. The van der Waals surface area contributed by atoms with Crippen LogP contribution in [0.3, 0.4) is 0 Å². The maximum absolute atomic E-state index is 5.27. The zero-order chi connectivity index (χ0) is 7.49. The van der Waals surface area contributed by atoms with E-state index in [0.29, 0.717) is 5.11 Å². The summed E-state index contributed by atoms with van der Waals surface area (Å²) in [6, 6.07) is 0. The van der Waals surface area contributed by atoms with Crippen molar-refractivity contribution in [2.75, 3.05) is 0 Å². The van der Waals surface area contributed by atoms with Crippen molar-refractivity contribution in [3.8, 4) is 0 Å². The fraction of sp³-hybridized carbons (Fsp3) is 0.833. The van der Waals surface area contributed by atoms with E-state index in [-0.39, 0.29) is 17.9 Å².